The highest BCUT2D eigenvalue weighted by atomic mass is 79.9. The molecule has 1 aliphatic rings. The van der Waals surface area contributed by atoms with Crippen molar-refractivity contribution in [3.05, 3.63) is 66.9 Å². The van der Waals surface area contributed by atoms with Gasteiger partial charge in [0.2, 0.25) is 5.91 Å². The molecule has 3 N–H and O–H groups in total. The third kappa shape index (κ3) is 4.68. The second-order valence-corrected chi connectivity index (χ2v) is 7.95. The second kappa shape index (κ2) is 9.06. The SMILES string of the molecule is CCc1cn([C@H]2C[C@H](O)[C@@H](CNC(=O)C(C)c3ccccc3Br)O2)c(=O)[nH]c1=O. The van der Waals surface area contributed by atoms with E-state index in [1.54, 1.807) is 6.92 Å². The van der Waals surface area contributed by atoms with Gasteiger partial charge in [0.15, 0.2) is 0 Å². The van der Waals surface area contributed by atoms with Crippen molar-refractivity contribution in [3.8, 4) is 0 Å². The van der Waals surface area contributed by atoms with Crippen LogP contribution in [0.5, 0.6) is 0 Å². The number of rotatable bonds is 6. The molecule has 3 rings (SSSR count). The molecule has 1 aromatic carbocycles. The number of benzene rings is 1. The molecule has 2 aromatic rings. The van der Waals surface area contributed by atoms with Gasteiger partial charge in [-0.1, -0.05) is 41.1 Å². The maximum Gasteiger partial charge on any atom is 0.330 e. The maximum absolute atomic E-state index is 12.5. The van der Waals surface area contributed by atoms with Gasteiger partial charge in [-0.2, -0.15) is 0 Å². The fourth-order valence-electron chi connectivity index (χ4n) is 3.38. The van der Waals surface area contributed by atoms with Gasteiger partial charge in [-0.15, -0.1) is 0 Å². The number of amides is 1. The molecule has 0 bridgehead atoms. The van der Waals surface area contributed by atoms with E-state index in [1.165, 1.54) is 10.8 Å². The Morgan fingerprint density at radius 3 is 2.83 bits per heavy atom. The number of nitrogens with one attached hydrogen (secondary N) is 2. The van der Waals surface area contributed by atoms with Gasteiger partial charge in [-0.05, 0) is 25.0 Å². The average Bonchev–Trinajstić information content (AvgIpc) is 3.06. The smallest absolute Gasteiger partial charge is 0.330 e. The van der Waals surface area contributed by atoms with E-state index in [0.29, 0.717) is 12.0 Å². The van der Waals surface area contributed by atoms with Gasteiger partial charge in [0, 0.05) is 29.2 Å². The van der Waals surface area contributed by atoms with Gasteiger partial charge in [-0.3, -0.25) is 19.1 Å². The van der Waals surface area contributed by atoms with Gasteiger partial charge < -0.3 is 15.2 Å². The topological polar surface area (TPSA) is 113 Å². The summed E-state index contributed by atoms with van der Waals surface area (Å²) in [5.41, 5.74) is 0.318. The highest BCUT2D eigenvalue weighted by molar-refractivity contribution is 9.10. The summed E-state index contributed by atoms with van der Waals surface area (Å²) in [6.07, 6.45) is -0.0779. The minimum atomic E-state index is -0.844. The standard InChI is InChI=1S/C20H24BrN3O5/c1-3-12-10-24(20(28)23-19(12)27)17-8-15(25)16(29-17)9-22-18(26)11(2)13-6-4-5-7-14(13)21/h4-7,10-11,15-17,25H,3,8-9H2,1-2H3,(H,22,26)(H,23,27,28)/t11?,15-,16+,17+/m0/s1. The summed E-state index contributed by atoms with van der Waals surface area (Å²) in [6, 6.07) is 7.49. The van der Waals surface area contributed by atoms with E-state index >= 15 is 0 Å². The Labute approximate surface area is 176 Å². The molecule has 9 heteroatoms. The summed E-state index contributed by atoms with van der Waals surface area (Å²) in [5.74, 6) is -0.570. The second-order valence-electron chi connectivity index (χ2n) is 7.10. The number of nitrogens with zero attached hydrogens (tertiary/aromatic N) is 1. The molecule has 1 aliphatic heterocycles. The Kier molecular flexibility index (Phi) is 6.71. The molecule has 0 spiro atoms. The molecule has 29 heavy (non-hydrogen) atoms. The van der Waals surface area contributed by atoms with Crippen LogP contribution in [0.2, 0.25) is 0 Å². The Bertz CT molecular complexity index is 1000. The number of aliphatic hydroxyl groups excluding tert-OH is 1. The fraction of sp³-hybridized carbons (Fsp3) is 0.450. The van der Waals surface area contributed by atoms with Crippen molar-refractivity contribution in [1.29, 1.82) is 0 Å². The van der Waals surface area contributed by atoms with Gasteiger partial charge in [0.05, 0.1) is 12.0 Å². The fourth-order valence-corrected chi connectivity index (χ4v) is 4.01. The first-order chi connectivity index (χ1) is 13.8. The molecule has 2 heterocycles. The molecule has 156 valence electrons. The van der Waals surface area contributed by atoms with E-state index in [4.69, 9.17) is 4.74 Å². The van der Waals surface area contributed by atoms with Crippen LogP contribution in [0.1, 0.15) is 43.5 Å². The number of hydrogen-bond acceptors (Lipinski definition) is 5. The summed E-state index contributed by atoms with van der Waals surface area (Å²) < 4.78 is 7.94. The number of ether oxygens (including phenoxy) is 1. The summed E-state index contributed by atoms with van der Waals surface area (Å²) in [6.45, 7) is 3.73. The first kappa shape index (κ1) is 21.5. The zero-order valence-corrected chi connectivity index (χ0v) is 17.8. The predicted octanol–water partition coefficient (Wildman–Crippen LogP) is 1.43. The minimum Gasteiger partial charge on any atom is -0.390 e. The van der Waals surface area contributed by atoms with Gasteiger partial charge >= 0.3 is 5.69 Å². The first-order valence-electron chi connectivity index (χ1n) is 9.51. The Morgan fingerprint density at radius 2 is 2.14 bits per heavy atom. The molecule has 1 fully saturated rings. The van der Waals surface area contributed by atoms with Crippen LogP contribution in [0.25, 0.3) is 0 Å². The largest absolute Gasteiger partial charge is 0.390 e. The van der Waals surface area contributed by atoms with E-state index in [9.17, 15) is 19.5 Å². The van der Waals surface area contributed by atoms with Crippen molar-refractivity contribution in [1.82, 2.24) is 14.9 Å². The third-order valence-electron chi connectivity index (χ3n) is 5.18. The average molecular weight is 466 g/mol. The molecular weight excluding hydrogens is 442 g/mol. The van der Waals surface area contributed by atoms with Crippen LogP contribution in [0, 0.1) is 0 Å². The molecule has 1 aromatic heterocycles. The molecule has 4 atom stereocenters. The summed E-state index contributed by atoms with van der Waals surface area (Å²) in [4.78, 5) is 38.7. The van der Waals surface area contributed by atoms with Gasteiger partial charge in [-0.25, -0.2) is 4.79 Å². The molecular formula is C20H24BrN3O5. The number of halogens is 1. The summed E-state index contributed by atoms with van der Waals surface area (Å²) >= 11 is 3.45. The Hall–Kier alpha value is -2.23. The normalized spacial score (nSPS) is 22.4. The molecule has 0 saturated carbocycles. The lowest BCUT2D eigenvalue weighted by Gasteiger charge is -2.19. The molecule has 8 nitrogen and oxygen atoms in total. The molecule has 1 saturated heterocycles. The molecule has 1 amide bonds. The summed E-state index contributed by atoms with van der Waals surface area (Å²) in [5, 5.41) is 13.1. The maximum atomic E-state index is 12.5. The van der Waals surface area contributed by atoms with E-state index in [0.717, 1.165) is 10.0 Å². The van der Waals surface area contributed by atoms with Crippen LogP contribution < -0.4 is 16.6 Å². The number of aliphatic hydroxyl groups is 1. The van der Waals surface area contributed by atoms with Crippen LogP contribution in [0.3, 0.4) is 0 Å². The number of hydrogen-bond donors (Lipinski definition) is 3. The van der Waals surface area contributed by atoms with Crippen molar-refractivity contribution in [2.75, 3.05) is 6.54 Å². The Balaban J connectivity index is 1.65. The van der Waals surface area contributed by atoms with Crippen molar-refractivity contribution < 1.29 is 14.6 Å². The van der Waals surface area contributed by atoms with Crippen molar-refractivity contribution >= 4 is 21.8 Å². The van der Waals surface area contributed by atoms with Gasteiger partial charge in [0.1, 0.15) is 12.3 Å². The Morgan fingerprint density at radius 1 is 1.41 bits per heavy atom. The number of carbonyl (C=O) groups is 1. The monoisotopic (exact) mass is 465 g/mol. The van der Waals surface area contributed by atoms with Crippen LogP contribution in [0.15, 0.2) is 44.5 Å². The van der Waals surface area contributed by atoms with E-state index in [-0.39, 0.29) is 24.8 Å². The molecule has 0 aliphatic carbocycles. The molecule has 1 unspecified atom stereocenters. The third-order valence-corrected chi connectivity index (χ3v) is 5.90. The van der Waals surface area contributed by atoms with E-state index < -0.39 is 29.7 Å². The predicted molar refractivity (Wildman–Crippen MR) is 111 cm³/mol. The summed E-state index contributed by atoms with van der Waals surface area (Å²) in [7, 11) is 0. The van der Waals surface area contributed by atoms with Crippen LogP contribution in [-0.4, -0.2) is 39.3 Å². The lowest BCUT2D eigenvalue weighted by molar-refractivity contribution is -0.123. The van der Waals surface area contributed by atoms with Gasteiger partial charge in [0.25, 0.3) is 5.56 Å². The zero-order valence-electron chi connectivity index (χ0n) is 16.2. The van der Waals surface area contributed by atoms with E-state index in [2.05, 4.69) is 26.2 Å². The minimum absolute atomic E-state index is 0.115. The highest BCUT2D eigenvalue weighted by Crippen LogP contribution is 2.28. The quantitative estimate of drug-likeness (QED) is 0.596. The first-order valence-corrected chi connectivity index (χ1v) is 10.3. The number of aromatic amines is 1. The van der Waals surface area contributed by atoms with E-state index in [1.807, 2.05) is 31.2 Å². The number of aromatic nitrogens is 2. The van der Waals surface area contributed by atoms with Crippen molar-refractivity contribution in [2.45, 2.75) is 51.0 Å². The lowest BCUT2D eigenvalue weighted by Crippen LogP contribution is -2.39. The number of H-pyrrole nitrogens is 1. The molecule has 0 radical (unpaired) electrons. The zero-order chi connectivity index (χ0) is 21.1. The van der Waals surface area contributed by atoms with Crippen LogP contribution >= 0.6 is 15.9 Å². The van der Waals surface area contributed by atoms with Crippen LogP contribution in [-0.2, 0) is 16.0 Å². The lowest BCUT2D eigenvalue weighted by atomic mass is 10.0. The number of carbonyl (C=O) groups excluding carboxylic acids is 1. The number of aryl methyl sites for hydroxylation is 1. The van der Waals surface area contributed by atoms with Crippen molar-refractivity contribution in [3.63, 3.8) is 0 Å². The van der Waals surface area contributed by atoms with Crippen molar-refractivity contribution in [2.24, 2.45) is 0 Å². The highest BCUT2D eigenvalue weighted by Gasteiger charge is 2.36. The van der Waals surface area contributed by atoms with Crippen LogP contribution in [0.4, 0.5) is 0 Å².